The maximum atomic E-state index is 12.8. The number of rotatable bonds is 6. The predicted molar refractivity (Wildman–Crippen MR) is 140 cm³/mol. The molecule has 5 rings (SSSR count). The van der Waals surface area contributed by atoms with Gasteiger partial charge in [-0.25, -0.2) is 4.98 Å². The normalized spacial score (nSPS) is 14.2. The zero-order chi connectivity index (χ0) is 24.9. The molecule has 8 nitrogen and oxygen atoms in total. The Morgan fingerprint density at radius 2 is 1.47 bits per heavy atom. The van der Waals surface area contributed by atoms with Crippen molar-refractivity contribution in [2.75, 3.05) is 10.8 Å². The van der Waals surface area contributed by atoms with Gasteiger partial charge in [0.1, 0.15) is 5.82 Å². The highest BCUT2D eigenvalue weighted by Gasteiger charge is 2.17. The van der Waals surface area contributed by atoms with Crippen molar-refractivity contribution >= 4 is 34.2 Å². The van der Waals surface area contributed by atoms with Crippen molar-refractivity contribution in [2.24, 2.45) is 0 Å². The van der Waals surface area contributed by atoms with Crippen LogP contribution in [-0.2, 0) is 0 Å². The molecule has 4 aromatic rings. The van der Waals surface area contributed by atoms with Gasteiger partial charge in [0.05, 0.1) is 16.7 Å². The Morgan fingerprint density at radius 1 is 0.806 bits per heavy atom. The van der Waals surface area contributed by atoms with Crippen molar-refractivity contribution in [2.45, 2.75) is 44.6 Å². The van der Waals surface area contributed by atoms with Crippen LogP contribution >= 0.6 is 0 Å². The fourth-order valence-electron chi connectivity index (χ4n) is 4.59. The van der Waals surface area contributed by atoms with Crippen LogP contribution in [0.15, 0.2) is 66.7 Å². The lowest BCUT2D eigenvalue weighted by molar-refractivity contribution is 0.0932. The molecule has 1 fully saturated rings. The second kappa shape index (κ2) is 10.6. The number of hydrogen-bond acceptors (Lipinski definition) is 5. The van der Waals surface area contributed by atoms with Crippen LogP contribution in [0.3, 0.4) is 0 Å². The molecule has 36 heavy (non-hydrogen) atoms. The summed E-state index contributed by atoms with van der Waals surface area (Å²) < 4.78 is 0. The van der Waals surface area contributed by atoms with E-state index in [0.29, 0.717) is 28.3 Å². The van der Waals surface area contributed by atoms with E-state index >= 15 is 0 Å². The highest BCUT2D eigenvalue weighted by atomic mass is 16.5. The van der Waals surface area contributed by atoms with Crippen molar-refractivity contribution < 1.29 is 14.8 Å². The molecule has 0 spiro atoms. The van der Waals surface area contributed by atoms with E-state index in [1.54, 1.807) is 24.3 Å². The first kappa shape index (κ1) is 23.6. The first-order chi connectivity index (χ1) is 17.6. The molecular weight excluding hydrogens is 454 g/mol. The Labute approximate surface area is 209 Å². The summed E-state index contributed by atoms with van der Waals surface area (Å²) in [4.78, 5) is 33.3. The quantitative estimate of drug-likeness (QED) is 0.177. The van der Waals surface area contributed by atoms with Crippen LogP contribution in [0.5, 0.6) is 0 Å². The van der Waals surface area contributed by atoms with Gasteiger partial charge in [-0.15, -0.1) is 0 Å². The standard InChI is InChI=1S/C28H29N5O3/c34-27(19-9-14-23(33-36)15-10-19)30-22-12-7-18(8-13-22)26-31-24-16-11-20(17-25(24)32-26)28(35)29-21-5-3-1-2-4-6-21/h7-17,21,33,36H,1-6H2,(H,29,35)(H,30,34)(H,31,32). The summed E-state index contributed by atoms with van der Waals surface area (Å²) >= 11 is 0. The Hall–Kier alpha value is -4.17. The minimum atomic E-state index is -0.245. The van der Waals surface area contributed by atoms with Gasteiger partial charge in [0.2, 0.25) is 0 Å². The molecule has 184 valence electrons. The van der Waals surface area contributed by atoms with Crippen LogP contribution in [0.4, 0.5) is 11.4 Å². The molecule has 1 heterocycles. The van der Waals surface area contributed by atoms with Crippen LogP contribution < -0.4 is 16.1 Å². The molecule has 5 N–H and O–H groups in total. The number of benzene rings is 3. The third-order valence-electron chi connectivity index (χ3n) is 6.63. The second-order valence-corrected chi connectivity index (χ2v) is 9.20. The Balaban J connectivity index is 1.26. The number of H-pyrrole nitrogens is 1. The van der Waals surface area contributed by atoms with E-state index in [4.69, 9.17) is 10.2 Å². The number of carbonyl (C=O) groups excluding carboxylic acids is 2. The summed E-state index contributed by atoms with van der Waals surface area (Å²) in [5.74, 6) is 0.401. The van der Waals surface area contributed by atoms with Gasteiger partial charge in [-0.2, -0.15) is 0 Å². The summed E-state index contributed by atoms with van der Waals surface area (Å²) in [7, 11) is 0. The van der Waals surface area contributed by atoms with Gasteiger partial charge in [0.15, 0.2) is 0 Å². The molecule has 1 aliphatic carbocycles. The molecule has 2 amide bonds. The summed E-state index contributed by atoms with van der Waals surface area (Å²) in [6.07, 6.45) is 6.93. The van der Waals surface area contributed by atoms with Gasteiger partial charge >= 0.3 is 0 Å². The molecule has 0 bridgehead atoms. The first-order valence-corrected chi connectivity index (χ1v) is 12.3. The molecule has 0 aliphatic heterocycles. The number of amides is 2. The lowest BCUT2D eigenvalue weighted by Crippen LogP contribution is -2.34. The number of carbonyl (C=O) groups is 2. The SMILES string of the molecule is O=C(Nc1ccc(-c2nc3cc(C(=O)NC4CCCCCC4)ccc3[nH]2)cc1)c1ccc(NO)cc1. The van der Waals surface area contributed by atoms with Crippen molar-refractivity contribution in [1.82, 2.24) is 15.3 Å². The number of anilines is 2. The molecule has 0 saturated heterocycles. The minimum absolute atomic E-state index is 0.0456. The number of imidazole rings is 1. The number of nitrogens with zero attached hydrogens (tertiary/aromatic N) is 1. The van der Waals surface area contributed by atoms with E-state index in [1.165, 1.54) is 25.7 Å². The third-order valence-corrected chi connectivity index (χ3v) is 6.63. The lowest BCUT2D eigenvalue weighted by Gasteiger charge is -2.16. The minimum Gasteiger partial charge on any atom is -0.349 e. The summed E-state index contributed by atoms with van der Waals surface area (Å²) in [5.41, 5.74) is 6.76. The topological polar surface area (TPSA) is 119 Å². The monoisotopic (exact) mass is 483 g/mol. The van der Waals surface area contributed by atoms with Gasteiger partial charge in [-0.3, -0.25) is 20.3 Å². The van der Waals surface area contributed by atoms with E-state index in [9.17, 15) is 9.59 Å². The fourth-order valence-corrected chi connectivity index (χ4v) is 4.59. The molecule has 1 saturated carbocycles. The lowest BCUT2D eigenvalue weighted by atomic mass is 10.1. The molecule has 1 aromatic heterocycles. The molecule has 1 aliphatic rings. The van der Waals surface area contributed by atoms with Crippen molar-refractivity contribution in [3.05, 3.63) is 77.9 Å². The van der Waals surface area contributed by atoms with Crippen LogP contribution in [-0.4, -0.2) is 33.0 Å². The zero-order valence-electron chi connectivity index (χ0n) is 19.9. The smallest absolute Gasteiger partial charge is 0.255 e. The second-order valence-electron chi connectivity index (χ2n) is 9.20. The molecular formula is C28H29N5O3. The van der Waals surface area contributed by atoms with Crippen LogP contribution in [0.2, 0.25) is 0 Å². The highest BCUT2D eigenvalue weighted by molar-refractivity contribution is 6.04. The van der Waals surface area contributed by atoms with Gasteiger partial charge < -0.3 is 15.6 Å². The summed E-state index contributed by atoms with van der Waals surface area (Å²) in [6, 6.07) is 19.7. The van der Waals surface area contributed by atoms with Gasteiger partial charge in [-0.1, -0.05) is 25.7 Å². The van der Waals surface area contributed by atoms with Crippen LogP contribution in [0.25, 0.3) is 22.4 Å². The first-order valence-electron chi connectivity index (χ1n) is 12.3. The maximum absolute atomic E-state index is 12.8. The third kappa shape index (κ3) is 5.39. The molecule has 0 unspecified atom stereocenters. The fraction of sp³-hybridized carbons (Fsp3) is 0.250. The number of aromatic amines is 1. The predicted octanol–water partition coefficient (Wildman–Crippen LogP) is 5.74. The van der Waals surface area contributed by atoms with E-state index in [2.05, 4.69) is 15.6 Å². The number of nitrogens with one attached hydrogen (secondary N) is 4. The molecule has 0 atom stereocenters. The molecule has 3 aromatic carbocycles. The molecule has 0 radical (unpaired) electrons. The number of aromatic nitrogens is 2. The van der Waals surface area contributed by atoms with Crippen molar-refractivity contribution in [3.8, 4) is 11.4 Å². The average molecular weight is 484 g/mol. The largest absolute Gasteiger partial charge is 0.349 e. The summed E-state index contributed by atoms with van der Waals surface area (Å²) in [6.45, 7) is 0. The van der Waals surface area contributed by atoms with E-state index in [-0.39, 0.29) is 17.9 Å². The van der Waals surface area contributed by atoms with E-state index in [1.807, 2.05) is 47.9 Å². The Bertz CT molecular complexity index is 1350. The van der Waals surface area contributed by atoms with Gasteiger partial charge in [0, 0.05) is 28.4 Å². The van der Waals surface area contributed by atoms with Crippen LogP contribution in [0, 0.1) is 0 Å². The average Bonchev–Trinajstić information content (AvgIpc) is 3.17. The maximum Gasteiger partial charge on any atom is 0.255 e. The van der Waals surface area contributed by atoms with E-state index < -0.39 is 0 Å². The van der Waals surface area contributed by atoms with Gasteiger partial charge in [-0.05, 0) is 79.6 Å². The van der Waals surface area contributed by atoms with E-state index in [0.717, 1.165) is 29.4 Å². The Kier molecular flexibility index (Phi) is 6.95. The Morgan fingerprint density at radius 3 is 2.17 bits per heavy atom. The van der Waals surface area contributed by atoms with Gasteiger partial charge in [0.25, 0.3) is 11.8 Å². The number of hydrogen-bond donors (Lipinski definition) is 5. The highest BCUT2D eigenvalue weighted by Crippen LogP contribution is 2.24. The molecule has 8 heteroatoms. The van der Waals surface area contributed by atoms with Crippen molar-refractivity contribution in [3.63, 3.8) is 0 Å². The van der Waals surface area contributed by atoms with Crippen molar-refractivity contribution in [1.29, 1.82) is 0 Å². The van der Waals surface area contributed by atoms with Crippen LogP contribution in [0.1, 0.15) is 59.2 Å². The summed E-state index contributed by atoms with van der Waals surface area (Å²) in [5, 5.41) is 15.0. The number of fused-ring (bicyclic) bond motifs is 1. The zero-order valence-corrected chi connectivity index (χ0v) is 19.9.